The van der Waals surface area contributed by atoms with Crippen molar-refractivity contribution in [3.8, 4) is 0 Å². The number of fused-ring (bicyclic) bond motifs is 1. The minimum Gasteiger partial charge on any atom is -0.388 e. The number of hydrogen-bond acceptors (Lipinski definition) is 6. The van der Waals surface area contributed by atoms with Crippen LogP contribution < -0.4 is 0 Å². The van der Waals surface area contributed by atoms with Gasteiger partial charge in [-0.15, -0.1) is 6.58 Å². The summed E-state index contributed by atoms with van der Waals surface area (Å²) in [6, 6.07) is 7.47. The largest absolute Gasteiger partial charge is 0.388 e. The van der Waals surface area contributed by atoms with Crippen molar-refractivity contribution in [3.05, 3.63) is 54.1 Å². The standard InChI is InChI=1S/C18H22O6/c1-2-9-22-18-17(16(21)13(19)10-23-18)24-14-8-7-11-5-3-4-6-12(11)15(14)20/h2-8,13-21H,1,9-10H2/t13-,14+,15+,16+,17+,18+/m1/s1. The average molecular weight is 334 g/mol. The van der Waals surface area contributed by atoms with Crippen molar-refractivity contribution in [2.24, 2.45) is 0 Å². The van der Waals surface area contributed by atoms with Gasteiger partial charge < -0.3 is 29.5 Å². The molecular weight excluding hydrogens is 312 g/mol. The maximum absolute atomic E-state index is 10.5. The zero-order valence-corrected chi connectivity index (χ0v) is 13.2. The van der Waals surface area contributed by atoms with Crippen molar-refractivity contribution >= 4 is 6.08 Å². The van der Waals surface area contributed by atoms with E-state index in [0.29, 0.717) is 0 Å². The number of rotatable bonds is 5. The van der Waals surface area contributed by atoms with Gasteiger partial charge in [-0.3, -0.25) is 0 Å². The molecule has 130 valence electrons. The molecule has 1 aromatic rings. The smallest absolute Gasteiger partial charge is 0.186 e. The predicted molar refractivity (Wildman–Crippen MR) is 87.0 cm³/mol. The molecule has 6 nitrogen and oxygen atoms in total. The van der Waals surface area contributed by atoms with Crippen LogP contribution in [0.5, 0.6) is 0 Å². The molecule has 6 atom stereocenters. The van der Waals surface area contributed by atoms with Gasteiger partial charge in [-0.05, 0) is 11.1 Å². The van der Waals surface area contributed by atoms with Gasteiger partial charge in [0.15, 0.2) is 6.29 Å². The third-order valence-electron chi connectivity index (χ3n) is 4.21. The van der Waals surface area contributed by atoms with Gasteiger partial charge in [-0.2, -0.15) is 0 Å². The van der Waals surface area contributed by atoms with Crippen LogP contribution in [0.3, 0.4) is 0 Å². The Balaban J connectivity index is 1.76. The molecule has 0 bridgehead atoms. The Morgan fingerprint density at radius 2 is 2.04 bits per heavy atom. The molecule has 1 saturated heterocycles. The van der Waals surface area contributed by atoms with Crippen molar-refractivity contribution in [1.82, 2.24) is 0 Å². The molecule has 1 aromatic carbocycles. The molecule has 6 heteroatoms. The second kappa shape index (κ2) is 7.57. The number of ether oxygens (including phenoxy) is 3. The molecule has 1 aliphatic carbocycles. The summed E-state index contributed by atoms with van der Waals surface area (Å²) in [5.74, 6) is 0. The van der Waals surface area contributed by atoms with Crippen LogP contribution in [0.2, 0.25) is 0 Å². The Bertz CT molecular complexity index is 601. The minimum atomic E-state index is -1.17. The summed E-state index contributed by atoms with van der Waals surface area (Å²) in [4.78, 5) is 0. The Morgan fingerprint density at radius 1 is 1.25 bits per heavy atom. The first-order valence-electron chi connectivity index (χ1n) is 7.92. The third kappa shape index (κ3) is 3.44. The van der Waals surface area contributed by atoms with Crippen molar-refractivity contribution in [3.63, 3.8) is 0 Å². The van der Waals surface area contributed by atoms with Crippen molar-refractivity contribution in [2.45, 2.75) is 36.8 Å². The van der Waals surface area contributed by atoms with E-state index >= 15 is 0 Å². The SMILES string of the molecule is C=CCO[C@H]1OC[C@@H](O)[C@H](O)[C@@H]1O[C@H]1C=Cc2ccccc2[C@@H]1O. The highest BCUT2D eigenvalue weighted by atomic mass is 16.7. The molecule has 1 heterocycles. The van der Waals surface area contributed by atoms with Gasteiger partial charge in [0.25, 0.3) is 0 Å². The van der Waals surface area contributed by atoms with E-state index in [-0.39, 0.29) is 13.2 Å². The normalized spacial score (nSPS) is 35.5. The van der Waals surface area contributed by atoms with Crippen LogP contribution in [-0.2, 0) is 14.2 Å². The van der Waals surface area contributed by atoms with Gasteiger partial charge in [0.1, 0.15) is 30.5 Å². The quantitative estimate of drug-likeness (QED) is 0.690. The summed E-state index contributed by atoms with van der Waals surface area (Å²) in [5, 5.41) is 30.6. The molecule has 0 radical (unpaired) electrons. The van der Waals surface area contributed by atoms with Crippen LogP contribution in [-0.4, -0.2) is 59.2 Å². The maximum Gasteiger partial charge on any atom is 0.186 e. The third-order valence-corrected chi connectivity index (χ3v) is 4.21. The summed E-state index contributed by atoms with van der Waals surface area (Å²) in [6.07, 6.45) is -0.432. The number of aliphatic hydroxyl groups excluding tert-OH is 3. The van der Waals surface area contributed by atoms with Crippen LogP contribution in [0.1, 0.15) is 17.2 Å². The first kappa shape index (κ1) is 17.3. The van der Waals surface area contributed by atoms with Gasteiger partial charge in [0.2, 0.25) is 0 Å². The predicted octanol–water partition coefficient (Wildman–Crippen LogP) is 0.781. The van der Waals surface area contributed by atoms with Gasteiger partial charge in [0, 0.05) is 0 Å². The van der Waals surface area contributed by atoms with E-state index in [1.165, 1.54) is 0 Å². The first-order valence-corrected chi connectivity index (χ1v) is 7.92. The van der Waals surface area contributed by atoms with E-state index in [2.05, 4.69) is 6.58 Å². The summed E-state index contributed by atoms with van der Waals surface area (Å²) in [6.45, 7) is 3.75. The number of benzene rings is 1. The van der Waals surface area contributed by atoms with Crippen LogP contribution in [0.4, 0.5) is 0 Å². The molecule has 1 fully saturated rings. The van der Waals surface area contributed by atoms with E-state index in [9.17, 15) is 15.3 Å². The zero-order valence-electron chi connectivity index (χ0n) is 13.2. The number of hydrogen-bond donors (Lipinski definition) is 3. The topological polar surface area (TPSA) is 88.4 Å². The van der Waals surface area contributed by atoms with Crippen LogP contribution in [0.25, 0.3) is 6.08 Å². The van der Waals surface area contributed by atoms with E-state index in [4.69, 9.17) is 14.2 Å². The lowest BCUT2D eigenvalue weighted by atomic mass is 9.92. The highest BCUT2D eigenvalue weighted by molar-refractivity contribution is 5.58. The lowest BCUT2D eigenvalue weighted by Crippen LogP contribution is -2.56. The van der Waals surface area contributed by atoms with Gasteiger partial charge in [0.05, 0.1) is 13.2 Å². The van der Waals surface area contributed by atoms with E-state index in [1.807, 2.05) is 30.3 Å². The molecule has 2 aliphatic rings. The monoisotopic (exact) mass is 334 g/mol. The molecule has 0 aromatic heterocycles. The summed E-state index contributed by atoms with van der Waals surface area (Å²) in [5.41, 5.74) is 1.67. The zero-order chi connectivity index (χ0) is 17.1. The molecule has 3 rings (SSSR count). The van der Waals surface area contributed by atoms with Gasteiger partial charge >= 0.3 is 0 Å². The van der Waals surface area contributed by atoms with E-state index in [0.717, 1.165) is 11.1 Å². The van der Waals surface area contributed by atoms with E-state index < -0.39 is 36.8 Å². The molecule has 0 spiro atoms. The fraction of sp³-hybridized carbons (Fsp3) is 0.444. The maximum atomic E-state index is 10.5. The van der Waals surface area contributed by atoms with Crippen LogP contribution in [0.15, 0.2) is 43.0 Å². The first-order chi connectivity index (χ1) is 11.6. The summed E-state index contributed by atoms with van der Waals surface area (Å²) < 4.78 is 16.7. The molecule has 0 saturated carbocycles. The van der Waals surface area contributed by atoms with Crippen LogP contribution in [0, 0.1) is 0 Å². The Kier molecular flexibility index (Phi) is 5.45. The molecule has 24 heavy (non-hydrogen) atoms. The van der Waals surface area contributed by atoms with Crippen molar-refractivity contribution < 1.29 is 29.5 Å². The molecule has 1 aliphatic heterocycles. The highest BCUT2D eigenvalue weighted by Gasteiger charge is 2.42. The lowest BCUT2D eigenvalue weighted by Gasteiger charge is -2.40. The summed E-state index contributed by atoms with van der Waals surface area (Å²) >= 11 is 0. The fourth-order valence-corrected chi connectivity index (χ4v) is 2.93. The minimum absolute atomic E-state index is 0.0469. The lowest BCUT2D eigenvalue weighted by molar-refractivity contribution is -0.288. The second-order valence-electron chi connectivity index (χ2n) is 5.88. The average Bonchev–Trinajstić information content (AvgIpc) is 2.60. The second-order valence-corrected chi connectivity index (χ2v) is 5.88. The Labute approximate surface area is 140 Å². The molecule has 0 amide bonds. The number of aliphatic hydroxyl groups is 3. The fourth-order valence-electron chi connectivity index (χ4n) is 2.93. The van der Waals surface area contributed by atoms with Crippen LogP contribution >= 0.6 is 0 Å². The van der Waals surface area contributed by atoms with Crippen molar-refractivity contribution in [2.75, 3.05) is 13.2 Å². The molecule has 0 unspecified atom stereocenters. The Hall–Kier alpha value is -1.54. The Morgan fingerprint density at radius 3 is 2.83 bits per heavy atom. The van der Waals surface area contributed by atoms with Gasteiger partial charge in [-0.1, -0.05) is 42.5 Å². The van der Waals surface area contributed by atoms with Gasteiger partial charge in [-0.25, -0.2) is 0 Å². The van der Waals surface area contributed by atoms with E-state index in [1.54, 1.807) is 12.2 Å². The van der Waals surface area contributed by atoms with Crippen molar-refractivity contribution in [1.29, 1.82) is 0 Å². The molecular formula is C18H22O6. The summed E-state index contributed by atoms with van der Waals surface area (Å²) in [7, 11) is 0. The molecule has 3 N–H and O–H groups in total. The highest BCUT2D eigenvalue weighted by Crippen LogP contribution is 2.32.